The van der Waals surface area contributed by atoms with Gasteiger partial charge in [-0.25, -0.2) is 8.78 Å². The maximum Gasteiger partial charge on any atom is 0.162 e. The van der Waals surface area contributed by atoms with E-state index in [0.717, 1.165) is 30.4 Å². The number of benzene rings is 1. The van der Waals surface area contributed by atoms with Crippen molar-refractivity contribution in [3.05, 3.63) is 52.9 Å². The molecule has 5 heteroatoms. The Hall–Kier alpha value is -1.75. The molecule has 0 saturated carbocycles. The first kappa shape index (κ1) is 15.6. The third-order valence-electron chi connectivity index (χ3n) is 3.65. The van der Waals surface area contributed by atoms with E-state index < -0.39 is 11.6 Å². The van der Waals surface area contributed by atoms with Crippen LogP contribution in [0.25, 0.3) is 0 Å². The van der Waals surface area contributed by atoms with Crippen molar-refractivity contribution in [3.63, 3.8) is 0 Å². The molecule has 2 rings (SSSR count). The van der Waals surface area contributed by atoms with Crippen molar-refractivity contribution >= 4 is 0 Å². The monoisotopic (exact) mass is 293 g/mol. The van der Waals surface area contributed by atoms with E-state index in [1.54, 1.807) is 12.1 Å². The van der Waals surface area contributed by atoms with Gasteiger partial charge >= 0.3 is 0 Å². The quantitative estimate of drug-likeness (QED) is 0.887. The van der Waals surface area contributed by atoms with Gasteiger partial charge in [-0.3, -0.25) is 4.68 Å². The average Bonchev–Trinajstić information content (AvgIpc) is 2.82. The van der Waals surface area contributed by atoms with Crippen LogP contribution in [-0.2, 0) is 19.4 Å². The standard InChI is InChI=1S/C16H21F2N3/c1-4-21-14(8-11(2)20-21)10-13(19-3)9-12-6-5-7-15(17)16(12)18/h5-8,13,19H,4,9-10H2,1-3H3. The Labute approximate surface area is 124 Å². The maximum absolute atomic E-state index is 13.8. The number of aryl methyl sites for hydroxylation is 2. The molecule has 0 fully saturated rings. The largest absolute Gasteiger partial charge is 0.316 e. The molecule has 21 heavy (non-hydrogen) atoms. The van der Waals surface area contributed by atoms with Crippen LogP contribution in [0, 0.1) is 18.6 Å². The zero-order valence-electron chi connectivity index (χ0n) is 12.7. The Balaban J connectivity index is 2.15. The number of likely N-dealkylation sites (N-methyl/N-ethyl adjacent to an activating group) is 1. The molecular weight excluding hydrogens is 272 g/mol. The molecule has 3 nitrogen and oxygen atoms in total. The van der Waals surface area contributed by atoms with Gasteiger partial charge in [0.05, 0.1) is 5.69 Å². The second-order valence-electron chi connectivity index (χ2n) is 5.20. The van der Waals surface area contributed by atoms with E-state index in [1.807, 2.05) is 31.6 Å². The smallest absolute Gasteiger partial charge is 0.162 e. The SMILES string of the molecule is CCn1nc(C)cc1CC(Cc1cccc(F)c1F)NC. The minimum atomic E-state index is -0.795. The van der Waals surface area contributed by atoms with Crippen molar-refractivity contribution in [2.24, 2.45) is 0 Å². The molecule has 0 aliphatic carbocycles. The summed E-state index contributed by atoms with van der Waals surface area (Å²) in [6, 6.07) is 6.38. The van der Waals surface area contributed by atoms with E-state index in [2.05, 4.69) is 10.4 Å². The van der Waals surface area contributed by atoms with Gasteiger partial charge in [-0.05, 0) is 45.0 Å². The van der Waals surface area contributed by atoms with Gasteiger partial charge in [0, 0.05) is 24.7 Å². The van der Waals surface area contributed by atoms with Crippen LogP contribution in [0.2, 0.25) is 0 Å². The molecule has 0 aliphatic rings. The summed E-state index contributed by atoms with van der Waals surface area (Å²) in [6.07, 6.45) is 1.16. The van der Waals surface area contributed by atoms with Crippen LogP contribution in [0.5, 0.6) is 0 Å². The summed E-state index contributed by atoms with van der Waals surface area (Å²) in [4.78, 5) is 0. The second kappa shape index (κ2) is 6.80. The minimum Gasteiger partial charge on any atom is -0.316 e. The Morgan fingerprint density at radius 1 is 1.29 bits per heavy atom. The van der Waals surface area contributed by atoms with Gasteiger partial charge in [-0.15, -0.1) is 0 Å². The molecule has 1 heterocycles. The predicted molar refractivity (Wildman–Crippen MR) is 79.3 cm³/mol. The third-order valence-corrected chi connectivity index (χ3v) is 3.65. The van der Waals surface area contributed by atoms with Crippen LogP contribution in [0.3, 0.4) is 0 Å². The van der Waals surface area contributed by atoms with Gasteiger partial charge in [-0.2, -0.15) is 5.10 Å². The highest BCUT2D eigenvalue weighted by Gasteiger charge is 2.16. The lowest BCUT2D eigenvalue weighted by molar-refractivity contribution is 0.476. The van der Waals surface area contributed by atoms with Crippen LogP contribution in [0.4, 0.5) is 8.78 Å². The highest BCUT2D eigenvalue weighted by atomic mass is 19.2. The maximum atomic E-state index is 13.8. The number of hydrogen-bond donors (Lipinski definition) is 1. The summed E-state index contributed by atoms with van der Waals surface area (Å²) >= 11 is 0. The highest BCUT2D eigenvalue weighted by Crippen LogP contribution is 2.15. The fourth-order valence-corrected chi connectivity index (χ4v) is 2.54. The summed E-state index contributed by atoms with van der Waals surface area (Å²) in [6.45, 7) is 4.79. The van der Waals surface area contributed by atoms with E-state index in [0.29, 0.717) is 12.0 Å². The van der Waals surface area contributed by atoms with E-state index in [4.69, 9.17) is 0 Å². The number of nitrogens with zero attached hydrogens (tertiary/aromatic N) is 2. The van der Waals surface area contributed by atoms with Gasteiger partial charge < -0.3 is 5.32 Å². The summed E-state index contributed by atoms with van der Waals surface area (Å²) in [5, 5.41) is 7.59. The molecule has 1 aromatic carbocycles. The fraction of sp³-hybridized carbons (Fsp3) is 0.438. The van der Waals surface area contributed by atoms with Crippen molar-refractivity contribution in [2.45, 2.75) is 39.3 Å². The lowest BCUT2D eigenvalue weighted by atomic mass is 10.0. The van der Waals surface area contributed by atoms with E-state index in [9.17, 15) is 8.78 Å². The Morgan fingerprint density at radius 3 is 2.71 bits per heavy atom. The van der Waals surface area contributed by atoms with Crippen LogP contribution in [0.1, 0.15) is 23.9 Å². The lowest BCUT2D eigenvalue weighted by Crippen LogP contribution is -2.31. The van der Waals surface area contributed by atoms with Gasteiger partial charge in [0.2, 0.25) is 0 Å². The predicted octanol–water partition coefficient (Wildman–Crippen LogP) is 2.86. The number of aromatic nitrogens is 2. The molecule has 0 amide bonds. The molecule has 114 valence electrons. The molecule has 0 spiro atoms. The van der Waals surface area contributed by atoms with Crippen LogP contribution < -0.4 is 5.32 Å². The third kappa shape index (κ3) is 3.67. The molecule has 0 bridgehead atoms. The van der Waals surface area contributed by atoms with Crippen LogP contribution >= 0.6 is 0 Å². The number of rotatable bonds is 6. The molecule has 0 saturated heterocycles. The van der Waals surface area contributed by atoms with E-state index >= 15 is 0 Å². The second-order valence-corrected chi connectivity index (χ2v) is 5.20. The normalized spacial score (nSPS) is 12.6. The van der Waals surface area contributed by atoms with Crippen molar-refractivity contribution in [3.8, 4) is 0 Å². The first-order chi connectivity index (χ1) is 10.0. The fourth-order valence-electron chi connectivity index (χ4n) is 2.54. The number of nitrogens with one attached hydrogen (secondary N) is 1. The molecule has 2 aromatic rings. The van der Waals surface area contributed by atoms with Gasteiger partial charge in [0.15, 0.2) is 11.6 Å². The summed E-state index contributed by atoms with van der Waals surface area (Å²) in [5.74, 6) is -1.55. The average molecular weight is 293 g/mol. The molecule has 1 N–H and O–H groups in total. The first-order valence-corrected chi connectivity index (χ1v) is 7.18. The van der Waals surface area contributed by atoms with Crippen LogP contribution in [-0.4, -0.2) is 22.9 Å². The molecule has 0 aliphatic heterocycles. The number of halogens is 2. The zero-order valence-corrected chi connectivity index (χ0v) is 12.7. The lowest BCUT2D eigenvalue weighted by Gasteiger charge is -2.17. The Morgan fingerprint density at radius 2 is 2.05 bits per heavy atom. The van der Waals surface area contributed by atoms with Crippen LogP contribution in [0.15, 0.2) is 24.3 Å². The molecule has 1 aromatic heterocycles. The van der Waals surface area contributed by atoms with Gasteiger partial charge in [0.1, 0.15) is 0 Å². The number of hydrogen-bond acceptors (Lipinski definition) is 2. The topological polar surface area (TPSA) is 29.9 Å². The molecular formula is C16H21F2N3. The Kier molecular flexibility index (Phi) is 5.07. The molecule has 1 atom stereocenters. The van der Waals surface area contributed by atoms with Crippen molar-refractivity contribution < 1.29 is 8.78 Å². The zero-order chi connectivity index (χ0) is 15.4. The van der Waals surface area contributed by atoms with Gasteiger partial charge in [-0.1, -0.05) is 12.1 Å². The van der Waals surface area contributed by atoms with E-state index in [1.165, 1.54) is 0 Å². The van der Waals surface area contributed by atoms with E-state index in [-0.39, 0.29) is 6.04 Å². The highest BCUT2D eigenvalue weighted by molar-refractivity contribution is 5.21. The summed E-state index contributed by atoms with van der Waals surface area (Å²) in [5.41, 5.74) is 2.47. The Bertz CT molecular complexity index is 608. The van der Waals surface area contributed by atoms with Crippen molar-refractivity contribution in [1.29, 1.82) is 0 Å². The minimum absolute atomic E-state index is 0.0303. The molecule has 0 radical (unpaired) electrons. The van der Waals surface area contributed by atoms with Gasteiger partial charge in [0.25, 0.3) is 0 Å². The summed E-state index contributed by atoms with van der Waals surface area (Å²) < 4.78 is 29.0. The molecule has 1 unspecified atom stereocenters. The van der Waals surface area contributed by atoms with Crippen molar-refractivity contribution in [1.82, 2.24) is 15.1 Å². The summed E-state index contributed by atoms with van der Waals surface area (Å²) in [7, 11) is 1.83. The first-order valence-electron chi connectivity index (χ1n) is 7.18. The van der Waals surface area contributed by atoms with Crippen molar-refractivity contribution in [2.75, 3.05) is 7.05 Å².